The van der Waals surface area contributed by atoms with Crippen LogP contribution in [0.3, 0.4) is 0 Å². The van der Waals surface area contributed by atoms with Gasteiger partial charge in [0.15, 0.2) is 11.5 Å². The Balaban J connectivity index is 1.46. The monoisotopic (exact) mass is 607 g/mol. The largest absolute Gasteiger partial charge is 0.480 e. The number of carboxylic acid groups (broad SMARTS) is 1. The van der Waals surface area contributed by atoms with Gasteiger partial charge in [-0.1, -0.05) is 65.1 Å². The smallest absolute Gasteiger partial charge is 0.326 e. The minimum absolute atomic E-state index is 0.0233. The average Bonchev–Trinajstić information content (AvgIpc) is 3.42. The molecule has 1 amide bonds. The summed E-state index contributed by atoms with van der Waals surface area (Å²) in [6.07, 6.45) is 1.41. The van der Waals surface area contributed by atoms with Gasteiger partial charge in [-0.3, -0.25) is 4.79 Å². The summed E-state index contributed by atoms with van der Waals surface area (Å²) in [7, 11) is 0. The van der Waals surface area contributed by atoms with E-state index < -0.39 is 17.9 Å². The Morgan fingerprint density at radius 3 is 2.24 bits per heavy atom. The number of hydrogen-bond donors (Lipinski definition) is 2. The summed E-state index contributed by atoms with van der Waals surface area (Å²) >= 11 is 18.1. The van der Waals surface area contributed by atoms with Crippen molar-refractivity contribution in [3.8, 4) is 34.3 Å². The lowest BCUT2D eigenvalue weighted by Gasteiger charge is -2.14. The number of rotatable bonds is 9. The van der Waals surface area contributed by atoms with Crippen molar-refractivity contribution in [2.45, 2.75) is 12.5 Å². The van der Waals surface area contributed by atoms with Gasteiger partial charge in [-0.15, -0.1) is 0 Å². The number of aromatic nitrogens is 2. The predicted molar refractivity (Wildman–Crippen MR) is 156 cm³/mol. The lowest BCUT2D eigenvalue weighted by atomic mass is 10.1. The molecule has 2 aromatic heterocycles. The van der Waals surface area contributed by atoms with Crippen molar-refractivity contribution >= 4 is 46.7 Å². The summed E-state index contributed by atoms with van der Waals surface area (Å²) in [5.74, 6) is -0.549. The third-order valence-corrected chi connectivity index (χ3v) is 6.88. The van der Waals surface area contributed by atoms with Crippen molar-refractivity contribution in [3.63, 3.8) is 0 Å². The molecule has 5 aromatic rings. The fourth-order valence-corrected chi connectivity index (χ4v) is 4.31. The molecule has 5 rings (SSSR count). The van der Waals surface area contributed by atoms with Gasteiger partial charge in [-0.05, 0) is 60.2 Å². The molecule has 1 atom stereocenters. The first-order chi connectivity index (χ1) is 19.8. The van der Waals surface area contributed by atoms with Gasteiger partial charge < -0.3 is 19.6 Å². The average molecular weight is 609 g/mol. The fraction of sp³-hybridized carbons (Fsp3) is 0.0667. The highest BCUT2D eigenvalue weighted by Crippen LogP contribution is 2.33. The molecule has 0 aliphatic carbocycles. The normalized spacial score (nSPS) is 11.6. The SMILES string of the molecule is O=C(NC(Cc1ccc(Cl)cc1)C(=O)O)c1nc(-c2ccc(Oc3ccccc3)cc2)oc1-c1cnc(Cl)c(Cl)c1. The summed E-state index contributed by atoms with van der Waals surface area (Å²) in [5.41, 5.74) is 1.41. The molecule has 0 aliphatic heterocycles. The van der Waals surface area contributed by atoms with Gasteiger partial charge in [0.05, 0.1) is 5.02 Å². The van der Waals surface area contributed by atoms with Gasteiger partial charge in [-0.2, -0.15) is 0 Å². The van der Waals surface area contributed by atoms with Crippen LogP contribution in [0.5, 0.6) is 11.5 Å². The van der Waals surface area contributed by atoms with Crippen LogP contribution in [0.4, 0.5) is 0 Å². The molecular formula is C30H20Cl3N3O5. The number of nitrogens with one attached hydrogen (secondary N) is 1. The zero-order valence-electron chi connectivity index (χ0n) is 21.1. The first kappa shape index (κ1) is 28.2. The van der Waals surface area contributed by atoms with Crippen LogP contribution >= 0.6 is 34.8 Å². The van der Waals surface area contributed by atoms with Gasteiger partial charge in [0.2, 0.25) is 5.89 Å². The van der Waals surface area contributed by atoms with Crippen molar-refractivity contribution < 1.29 is 23.8 Å². The molecular weight excluding hydrogens is 589 g/mol. The quantitative estimate of drug-likeness (QED) is 0.166. The van der Waals surface area contributed by atoms with Crippen molar-refractivity contribution in [3.05, 3.63) is 118 Å². The Morgan fingerprint density at radius 2 is 1.59 bits per heavy atom. The first-order valence-electron chi connectivity index (χ1n) is 12.2. The summed E-state index contributed by atoms with van der Waals surface area (Å²) in [4.78, 5) is 33.9. The number of nitrogens with zero attached hydrogens (tertiary/aromatic N) is 2. The number of hydrogen-bond acceptors (Lipinski definition) is 6. The molecule has 0 saturated carbocycles. The fourth-order valence-electron chi connectivity index (χ4n) is 3.91. The molecule has 0 fully saturated rings. The van der Waals surface area contributed by atoms with Crippen LogP contribution in [-0.4, -0.2) is 33.0 Å². The van der Waals surface area contributed by atoms with Crippen LogP contribution in [0.1, 0.15) is 16.1 Å². The molecule has 0 bridgehead atoms. The van der Waals surface area contributed by atoms with Crippen molar-refractivity contribution in [1.82, 2.24) is 15.3 Å². The number of para-hydroxylation sites is 1. The number of carbonyl (C=O) groups is 2. The van der Waals surface area contributed by atoms with E-state index >= 15 is 0 Å². The van der Waals surface area contributed by atoms with Gasteiger partial charge >= 0.3 is 5.97 Å². The topological polar surface area (TPSA) is 115 Å². The summed E-state index contributed by atoms with van der Waals surface area (Å²) in [5, 5.41) is 13.1. The predicted octanol–water partition coefficient (Wildman–Crippen LogP) is 7.58. The second-order valence-corrected chi connectivity index (χ2v) is 10.0. The van der Waals surface area contributed by atoms with E-state index in [1.807, 2.05) is 30.3 Å². The molecule has 206 valence electrons. The molecule has 3 aromatic carbocycles. The Morgan fingerprint density at radius 1 is 0.902 bits per heavy atom. The highest BCUT2D eigenvalue weighted by Gasteiger charge is 2.28. The van der Waals surface area contributed by atoms with E-state index in [-0.39, 0.29) is 33.9 Å². The molecule has 2 N–H and O–H groups in total. The maximum Gasteiger partial charge on any atom is 0.326 e. The van der Waals surface area contributed by atoms with E-state index in [4.69, 9.17) is 44.0 Å². The minimum Gasteiger partial charge on any atom is -0.480 e. The lowest BCUT2D eigenvalue weighted by molar-refractivity contribution is -0.139. The maximum atomic E-state index is 13.4. The molecule has 1 unspecified atom stereocenters. The van der Waals surface area contributed by atoms with E-state index in [2.05, 4.69) is 15.3 Å². The zero-order valence-corrected chi connectivity index (χ0v) is 23.3. The Bertz CT molecular complexity index is 1690. The van der Waals surface area contributed by atoms with Crippen LogP contribution in [0, 0.1) is 0 Å². The molecule has 0 saturated heterocycles. The number of ether oxygens (including phenoxy) is 1. The zero-order chi connectivity index (χ0) is 28.9. The van der Waals surface area contributed by atoms with E-state index in [0.717, 1.165) is 0 Å². The van der Waals surface area contributed by atoms with Gasteiger partial charge in [-0.25, -0.2) is 14.8 Å². The van der Waals surface area contributed by atoms with E-state index in [9.17, 15) is 14.7 Å². The lowest BCUT2D eigenvalue weighted by Crippen LogP contribution is -2.42. The minimum atomic E-state index is -1.25. The highest BCUT2D eigenvalue weighted by atomic mass is 35.5. The number of carboxylic acids is 1. The van der Waals surface area contributed by atoms with Crippen LogP contribution in [0.25, 0.3) is 22.8 Å². The highest BCUT2D eigenvalue weighted by molar-refractivity contribution is 6.41. The van der Waals surface area contributed by atoms with Gasteiger partial charge in [0.1, 0.15) is 22.7 Å². The van der Waals surface area contributed by atoms with Crippen molar-refractivity contribution in [1.29, 1.82) is 0 Å². The number of oxazole rings is 1. The molecule has 0 aliphatic rings. The van der Waals surface area contributed by atoms with Crippen LogP contribution in [-0.2, 0) is 11.2 Å². The molecule has 0 spiro atoms. The summed E-state index contributed by atoms with van der Waals surface area (Å²) in [6, 6.07) is 23.1. The van der Waals surface area contributed by atoms with E-state index in [1.165, 1.54) is 12.3 Å². The number of pyridine rings is 1. The number of amides is 1. The Labute approximate surface area is 249 Å². The third kappa shape index (κ3) is 6.86. The standard InChI is InChI=1S/C30H20Cl3N3O5/c31-20-10-6-17(7-11-20)14-24(30(38)39)35-28(37)25-26(19-15-23(32)27(33)34-16-19)41-29(36-25)18-8-12-22(13-9-18)40-21-4-2-1-3-5-21/h1-13,15-16,24H,14H2,(H,35,37)(H,38,39). The second-order valence-electron chi connectivity index (χ2n) is 8.83. The Kier molecular flexibility index (Phi) is 8.54. The van der Waals surface area contributed by atoms with Crippen molar-refractivity contribution in [2.75, 3.05) is 0 Å². The summed E-state index contributed by atoms with van der Waals surface area (Å²) in [6.45, 7) is 0. The maximum absolute atomic E-state index is 13.4. The first-order valence-corrected chi connectivity index (χ1v) is 13.3. The molecule has 41 heavy (non-hydrogen) atoms. The number of aliphatic carboxylic acids is 1. The second kappa shape index (κ2) is 12.4. The van der Waals surface area contributed by atoms with E-state index in [0.29, 0.717) is 33.2 Å². The van der Waals surface area contributed by atoms with Crippen molar-refractivity contribution in [2.24, 2.45) is 0 Å². The molecule has 11 heteroatoms. The van der Waals surface area contributed by atoms with Crippen LogP contribution in [0.2, 0.25) is 15.2 Å². The number of carbonyl (C=O) groups excluding carboxylic acids is 1. The number of halogens is 3. The van der Waals surface area contributed by atoms with E-state index in [1.54, 1.807) is 48.5 Å². The third-order valence-electron chi connectivity index (χ3n) is 5.94. The van der Waals surface area contributed by atoms with Gasteiger partial charge in [0.25, 0.3) is 5.91 Å². The molecule has 0 radical (unpaired) electrons. The van der Waals surface area contributed by atoms with Crippen LogP contribution in [0.15, 0.2) is 95.5 Å². The number of benzene rings is 3. The summed E-state index contributed by atoms with van der Waals surface area (Å²) < 4.78 is 11.9. The van der Waals surface area contributed by atoms with Crippen LogP contribution < -0.4 is 10.1 Å². The van der Waals surface area contributed by atoms with Gasteiger partial charge in [0, 0.05) is 28.8 Å². The molecule has 2 heterocycles. The Hall–Kier alpha value is -4.37. The molecule has 8 nitrogen and oxygen atoms in total.